The summed E-state index contributed by atoms with van der Waals surface area (Å²) in [6, 6.07) is 7.58. The van der Waals surface area contributed by atoms with Gasteiger partial charge in [-0.3, -0.25) is 0 Å². The third-order valence-corrected chi connectivity index (χ3v) is 1.35. The first-order valence-electron chi connectivity index (χ1n) is 3.46. The third kappa shape index (κ3) is 2.95. The Balaban J connectivity index is 0.00000121. The minimum Gasteiger partial charge on any atom is -0.412 e. The van der Waals surface area contributed by atoms with E-state index in [4.69, 9.17) is 5.90 Å². The van der Waals surface area contributed by atoms with Gasteiger partial charge in [0.15, 0.2) is 0 Å². The van der Waals surface area contributed by atoms with Gasteiger partial charge >= 0.3 is 0 Å². The number of hydrogen-bond acceptors (Lipinski definition) is 2. The van der Waals surface area contributed by atoms with E-state index in [1.54, 1.807) is 0 Å². The Morgan fingerprint density at radius 2 is 2.17 bits per heavy atom. The van der Waals surface area contributed by atoms with E-state index < -0.39 is 0 Å². The zero-order valence-corrected chi connectivity index (χ0v) is 7.67. The van der Waals surface area contributed by atoms with Gasteiger partial charge in [0, 0.05) is 0 Å². The highest BCUT2D eigenvalue weighted by Gasteiger charge is 1.90. The molecule has 0 aliphatic heterocycles. The van der Waals surface area contributed by atoms with Gasteiger partial charge in [-0.2, -0.15) is 5.90 Å². The minimum atomic E-state index is 0. The summed E-state index contributed by atoms with van der Waals surface area (Å²) in [5, 5.41) is 0. The van der Waals surface area contributed by atoms with Crippen molar-refractivity contribution in [3.8, 4) is 5.75 Å². The Bertz CT molecular complexity index is 260. The van der Waals surface area contributed by atoms with Crippen LogP contribution in [0.4, 0.5) is 0 Å². The molecule has 66 valence electrons. The van der Waals surface area contributed by atoms with Gasteiger partial charge < -0.3 is 4.84 Å². The number of nitrogens with two attached hydrogens (primary N) is 1. The predicted molar refractivity (Wildman–Crippen MR) is 53.2 cm³/mol. The Kier molecular flexibility index (Phi) is 5.17. The highest BCUT2D eigenvalue weighted by molar-refractivity contribution is 5.85. The van der Waals surface area contributed by atoms with Crippen LogP contribution in [0.2, 0.25) is 0 Å². The van der Waals surface area contributed by atoms with Crippen molar-refractivity contribution in [3.05, 3.63) is 35.9 Å². The SMILES string of the molecule is C/C=C/c1cccc(ON)c1.Cl. The molecule has 0 aromatic heterocycles. The summed E-state index contributed by atoms with van der Waals surface area (Å²) in [4.78, 5) is 4.57. The van der Waals surface area contributed by atoms with Gasteiger partial charge in [0.25, 0.3) is 0 Å². The molecule has 0 heterocycles. The summed E-state index contributed by atoms with van der Waals surface area (Å²) in [5.74, 6) is 5.67. The molecule has 0 atom stereocenters. The van der Waals surface area contributed by atoms with Gasteiger partial charge in [-0.25, -0.2) is 0 Å². The number of allylic oxidation sites excluding steroid dienone is 1. The molecule has 0 spiro atoms. The van der Waals surface area contributed by atoms with Crippen LogP contribution >= 0.6 is 12.4 Å². The van der Waals surface area contributed by atoms with Crippen LogP contribution < -0.4 is 10.7 Å². The highest BCUT2D eigenvalue weighted by atomic mass is 35.5. The van der Waals surface area contributed by atoms with Crippen molar-refractivity contribution in [1.29, 1.82) is 0 Å². The first kappa shape index (κ1) is 11.0. The molecule has 1 aromatic carbocycles. The van der Waals surface area contributed by atoms with E-state index in [1.807, 2.05) is 43.3 Å². The molecule has 1 aromatic rings. The number of hydrogen-bond donors (Lipinski definition) is 1. The molecule has 0 aliphatic carbocycles. The second-order valence-corrected chi connectivity index (χ2v) is 2.19. The van der Waals surface area contributed by atoms with Gasteiger partial charge in [0.1, 0.15) is 5.75 Å². The Morgan fingerprint density at radius 1 is 1.42 bits per heavy atom. The Labute approximate surface area is 78.4 Å². The molecule has 1 rings (SSSR count). The molecule has 12 heavy (non-hydrogen) atoms. The fraction of sp³-hybridized carbons (Fsp3) is 0.111. The lowest BCUT2D eigenvalue weighted by Crippen LogP contribution is -2.01. The maximum atomic E-state index is 4.99. The zero-order valence-electron chi connectivity index (χ0n) is 6.86. The van der Waals surface area contributed by atoms with Crippen molar-refractivity contribution in [2.45, 2.75) is 6.92 Å². The predicted octanol–water partition coefficient (Wildman–Crippen LogP) is 2.39. The number of rotatable bonds is 2. The molecule has 0 fully saturated rings. The van der Waals surface area contributed by atoms with Crippen LogP contribution in [0.1, 0.15) is 12.5 Å². The molecule has 3 heteroatoms. The lowest BCUT2D eigenvalue weighted by atomic mass is 10.2. The standard InChI is InChI=1S/C9H11NO.ClH/c1-2-4-8-5-3-6-9(7-8)11-10;/h2-7H,10H2,1H3;1H/b4-2+;. The summed E-state index contributed by atoms with van der Waals surface area (Å²) < 4.78 is 0. The van der Waals surface area contributed by atoms with Gasteiger partial charge in [-0.15, -0.1) is 12.4 Å². The minimum absolute atomic E-state index is 0. The summed E-state index contributed by atoms with van der Waals surface area (Å²) in [6.45, 7) is 1.97. The van der Waals surface area contributed by atoms with Crippen molar-refractivity contribution in [2.75, 3.05) is 0 Å². The van der Waals surface area contributed by atoms with Crippen LogP contribution in [-0.4, -0.2) is 0 Å². The van der Waals surface area contributed by atoms with Gasteiger partial charge in [-0.1, -0.05) is 24.3 Å². The number of halogens is 1. The monoisotopic (exact) mass is 185 g/mol. The number of benzene rings is 1. The second kappa shape index (κ2) is 5.63. The highest BCUT2D eigenvalue weighted by Crippen LogP contribution is 2.12. The van der Waals surface area contributed by atoms with Gasteiger partial charge in [0.2, 0.25) is 0 Å². The quantitative estimate of drug-likeness (QED) is 0.719. The normalized spacial score (nSPS) is 9.50. The Morgan fingerprint density at radius 3 is 2.75 bits per heavy atom. The molecule has 2 N–H and O–H groups in total. The lowest BCUT2D eigenvalue weighted by Gasteiger charge is -1.97. The van der Waals surface area contributed by atoms with E-state index in [1.165, 1.54) is 0 Å². The van der Waals surface area contributed by atoms with Gasteiger partial charge in [-0.05, 0) is 24.6 Å². The van der Waals surface area contributed by atoms with Crippen LogP contribution in [0, 0.1) is 0 Å². The van der Waals surface area contributed by atoms with E-state index in [0.29, 0.717) is 5.75 Å². The maximum Gasteiger partial charge on any atom is 0.147 e. The summed E-state index contributed by atoms with van der Waals surface area (Å²) in [5.41, 5.74) is 1.09. The van der Waals surface area contributed by atoms with E-state index in [-0.39, 0.29) is 12.4 Å². The van der Waals surface area contributed by atoms with Crippen molar-refractivity contribution in [3.63, 3.8) is 0 Å². The zero-order chi connectivity index (χ0) is 8.10. The molecular formula is C9H12ClNO. The summed E-state index contributed by atoms with van der Waals surface area (Å²) in [7, 11) is 0. The van der Waals surface area contributed by atoms with Crippen LogP contribution in [0.15, 0.2) is 30.3 Å². The summed E-state index contributed by atoms with van der Waals surface area (Å²) in [6.07, 6.45) is 3.96. The average molecular weight is 186 g/mol. The first-order chi connectivity index (χ1) is 5.36. The van der Waals surface area contributed by atoms with E-state index >= 15 is 0 Å². The molecule has 0 radical (unpaired) electrons. The first-order valence-corrected chi connectivity index (χ1v) is 3.46. The molecule has 0 saturated heterocycles. The van der Waals surface area contributed by atoms with Crippen LogP contribution in [0.25, 0.3) is 6.08 Å². The topological polar surface area (TPSA) is 35.2 Å². The second-order valence-electron chi connectivity index (χ2n) is 2.19. The lowest BCUT2D eigenvalue weighted by molar-refractivity contribution is 0.334. The van der Waals surface area contributed by atoms with Crippen molar-refractivity contribution < 1.29 is 4.84 Å². The van der Waals surface area contributed by atoms with Crippen molar-refractivity contribution >= 4 is 18.5 Å². The largest absolute Gasteiger partial charge is 0.412 e. The van der Waals surface area contributed by atoms with Crippen molar-refractivity contribution in [1.82, 2.24) is 0 Å². The molecule has 0 unspecified atom stereocenters. The molecule has 0 amide bonds. The van der Waals surface area contributed by atoms with E-state index in [2.05, 4.69) is 4.84 Å². The average Bonchev–Trinajstić information content (AvgIpc) is 2.06. The summed E-state index contributed by atoms with van der Waals surface area (Å²) >= 11 is 0. The molecule has 0 bridgehead atoms. The van der Waals surface area contributed by atoms with Crippen molar-refractivity contribution in [2.24, 2.45) is 5.90 Å². The maximum absolute atomic E-state index is 4.99. The fourth-order valence-electron chi connectivity index (χ4n) is 0.884. The van der Waals surface area contributed by atoms with E-state index in [9.17, 15) is 0 Å². The molecular weight excluding hydrogens is 174 g/mol. The smallest absolute Gasteiger partial charge is 0.147 e. The molecule has 2 nitrogen and oxygen atoms in total. The van der Waals surface area contributed by atoms with Crippen LogP contribution in [0.5, 0.6) is 5.75 Å². The fourth-order valence-corrected chi connectivity index (χ4v) is 0.884. The van der Waals surface area contributed by atoms with E-state index in [0.717, 1.165) is 5.56 Å². The third-order valence-electron chi connectivity index (χ3n) is 1.35. The van der Waals surface area contributed by atoms with Crippen LogP contribution in [0.3, 0.4) is 0 Å². The van der Waals surface area contributed by atoms with Crippen LogP contribution in [-0.2, 0) is 0 Å². The Hall–Kier alpha value is -0.990. The molecule has 0 aliphatic rings. The molecule has 0 saturated carbocycles. The van der Waals surface area contributed by atoms with Gasteiger partial charge in [0.05, 0.1) is 0 Å².